The maximum Gasteiger partial charge on any atom is 0.258 e. The number of benzene rings is 2. The molecule has 1 fully saturated rings. The number of ether oxygens (including phenoxy) is 1. The number of hydrogen-bond donors (Lipinski definition) is 1. The number of carbonyl (C=O) groups is 1. The van der Waals surface area contributed by atoms with Crippen molar-refractivity contribution < 1.29 is 13.9 Å². The second kappa shape index (κ2) is 7.13. The summed E-state index contributed by atoms with van der Waals surface area (Å²) < 4.78 is 19.6. The van der Waals surface area contributed by atoms with E-state index in [9.17, 15) is 9.18 Å². The standard InChI is InChI=1S/C18H17BrFNO2/c19-14-8-9-16(15(20)10-14)23-11-17(22)21-18(13-6-7-13)12-4-2-1-3-5-12/h1-5,8-10,13,18H,6-7,11H2,(H,21,22). The third-order valence-electron chi connectivity index (χ3n) is 3.82. The van der Waals surface area contributed by atoms with Gasteiger partial charge in [-0.15, -0.1) is 0 Å². The Morgan fingerprint density at radius 3 is 2.65 bits per heavy atom. The summed E-state index contributed by atoms with van der Waals surface area (Å²) in [5, 5.41) is 3.00. The number of amides is 1. The highest BCUT2D eigenvalue weighted by atomic mass is 79.9. The van der Waals surface area contributed by atoms with Crippen LogP contribution in [0.15, 0.2) is 53.0 Å². The molecule has 0 aliphatic heterocycles. The average molecular weight is 378 g/mol. The van der Waals surface area contributed by atoms with Crippen LogP contribution in [0, 0.1) is 11.7 Å². The average Bonchev–Trinajstić information content (AvgIpc) is 3.37. The summed E-state index contributed by atoms with van der Waals surface area (Å²) in [6.07, 6.45) is 2.23. The molecule has 1 N–H and O–H groups in total. The van der Waals surface area contributed by atoms with Crippen molar-refractivity contribution in [2.75, 3.05) is 6.61 Å². The fourth-order valence-corrected chi connectivity index (χ4v) is 2.85. The Bertz CT molecular complexity index is 689. The largest absolute Gasteiger partial charge is 0.481 e. The van der Waals surface area contributed by atoms with Gasteiger partial charge in [0, 0.05) is 4.47 Å². The van der Waals surface area contributed by atoms with Gasteiger partial charge in [-0.1, -0.05) is 46.3 Å². The summed E-state index contributed by atoms with van der Waals surface area (Å²) >= 11 is 3.18. The van der Waals surface area contributed by atoms with Gasteiger partial charge in [0.1, 0.15) is 0 Å². The summed E-state index contributed by atoms with van der Waals surface area (Å²) in [7, 11) is 0. The summed E-state index contributed by atoms with van der Waals surface area (Å²) in [6, 6.07) is 14.4. The minimum absolute atomic E-state index is 0.00191. The van der Waals surface area contributed by atoms with Crippen molar-refractivity contribution in [2.45, 2.75) is 18.9 Å². The van der Waals surface area contributed by atoms with E-state index in [1.807, 2.05) is 30.3 Å². The van der Waals surface area contributed by atoms with Crippen molar-refractivity contribution >= 4 is 21.8 Å². The summed E-state index contributed by atoms with van der Waals surface area (Å²) in [6.45, 7) is -0.200. The van der Waals surface area contributed by atoms with E-state index in [0.717, 1.165) is 18.4 Å². The molecule has 1 unspecified atom stereocenters. The second-order valence-electron chi connectivity index (χ2n) is 5.66. The van der Waals surface area contributed by atoms with Gasteiger partial charge in [0.2, 0.25) is 0 Å². The predicted octanol–water partition coefficient (Wildman–Crippen LogP) is 4.23. The third-order valence-corrected chi connectivity index (χ3v) is 4.31. The van der Waals surface area contributed by atoms with Crippen LogP contribution in [-0.2, 0) is 4.79 Å². The Morgan fingerprint density at radius 1 is 1.26 bits per heavy atom. The van der Waals surface area contributed by atoms with Crippen molar-refractivity contribution in [3.8, 4) is 5.75 Å². The van der Waals surface area contributed by atoms with E-state index in [0.29, 0.717) is 10.4 Å². The fourth-order valence-electron chi connectivity index (χ4n) is 2.51. The molecule has 5 heteroatoms. The normalized spacial score (nSPS) is 15.0. The molecule has 1 aliphatic rings. The number of carbonyl (C=O) groups excluding carboxylic acids is 1. The Morgan fingerprint density at radius 2 is 2.00 bits per heavy atom. The molecular formula is C18H17BrFNO2. The van der Waals surface area contributed by atoms with Crippen molar-refractivity contribution in [1.82, 2.24) is 5.32 Å². The minimum Gasteiger partial charge on any atom is -0.481 e. The molecule has 1 saturated carbocycles. The van der Waals surface area contributed by atoms with Gasteiger partial charge in [-0.05, 0) is 42.5 Å². The van der Waals surface area contributed by atoms with E-state index in [2.05, 4.69) is 21.2 Å². The van der Waals surface area contributed by atoms with E-state index in [1.54, 1.807) is 6.07 Å². The van der Waals surface area contributed by atoms with Crippen LogP contribution in [-0.4, -0.2) is 12.5 Å². The lowest BCUT2D eigenvalue weighted by Gasteiger charge is -2.19. The second-order valence-corrected chi connectivity index (χ2v) is 6.57. The Kier molecular flexibility index (Phi) is 4.96. The highest BCUT2D eigenvalue weighted by Gasteiger charge is 2.33. The lowest BCUT2D eigenvalue weighted by atomic mass is 10.0. The van der Waals surface area contributed by atoms with Gasteiger partial charge in [0.25, 0.3) is 5.91 Å². The maximum atomic E-state index is 13.7. The topological polar surface area (TPSA) is 38.3 Å². The number of nitrogens with one attached hydrogen (secondary N) is 1. The van der Waals surface area contributed by atoms with Crippen molar-refractivity contribution in [1.29, 1.82) is 0 Å². The number of hydrogen-bond acceptors (Lipinski definition) is 2. The van der Waals surface area contributed by atoms with E-state index in [-0.39, 0.29) is 24.3 Å². The Labute approximate surface area is 143 Å². The molecule has 2 aromatic rings. The first-order valence-electron chi connectivity index (χ1n) is 7.55. The monoisotopic (exact) mass is 377 g/mol. The molecule has 1 atom stereocenters. The van der Waals surface area contributed by atoms with E-state index in [4.69, 9.17) is 4.74 Å². The van der Waals surface area contributed by atoms with E-state index in [1.165, 1.54) is 12.1 Å². The molecule has 2 aromatic carbocycles. The molecule has 3 rings (SSSR count). The molecule has 0 heterocycles. The van der Waals surface area contributed by atoms with Crippen molar-refractivity contribution in [2.24, 2.45) is 5.92 Å². The van der Waals surface area contributed by atoms with Crippen molar-refractivity contribution in [3.63, 3.8) is 0 Å². The van der Waals surface area contributed by atoms with Crippen LogP contribution in [0.1, 0.15) is 24.4 Å². The first-order chi connectivity index (χ1) is 11.1. The first-order valence-corrected chi connectivity index (χ1v) is 8.35. The van der Waals surface area contributed by atoms with Gasteiger partial charge in [0.15, 0.2) is 18.2 Å². The summed E-state index contributed by atoms with van der Waals surface area (Å²) in [5.41, 5.74) is 1.10. The zero-order valence-electron chi connectivity index (χ0n) is 12.5. The molecular weight excluding hydrogens is 361 g/mol. The van der Waals surface area contributed by atoms with Gasteiger partial charge < -0.3 is 10.1 Å². The van der Waals surface area contributed by atoms with Crippen LogP contribution in [0.2, 0.25) is 0 Å². The zero-order chi connectivity index (χ0) is 16.2. The quantitative estimate of drug-likeness (QED) is 0.817. The molecule has 0 radical (unpaired) electrons. The molecule has 23 heavy (non-hydrogen) atoms. The van der Waals surface area contributed by atoms with Crippen LogP contribution in [0.25, 0.3) is 0 Å². The maximum absolute atomic E-state index is 13.7. The van der Waals surface area contributed by atoms with Crippen LogP contribution in [0.3, 0.4) is 0 Å². The first kappa shape index (κ1) is 16.0. The van der Waals surface area contributed by atoms with E-state index >= 15 is 0 Å². The highest BCUT2D eigenvalue weighted by molar-refractivity contribution is 9.10. The Hall–Kier alpha value is -1.88. The van der Waals surface area contributed by atoms with Gasteiger partial charge in [-0.25, -0.2) is 4.39 Å². The summed E-state index contributed by atoms with van der Waals surface area (Å²) in [4.78, 5) is 12.1. The highest BCUT2D eigenvalue weighted by Crippen LogP contribution is 2.40. The number of rotatable bonds is 6. The predicted molar refractivity (Wildman–Crippen MR) is 89.6 cm³/mol. The van der Waals surface area contributed by atoms with Gasteiger partial charge >= 0.3 is 0 Å². The van der Waals surface area contributed by atoms with Gasteiger partial charge in [-0.2, -0.15) is 0 Å². The summed E-state index contributed by atoms with van der Waals surface area (Å²) in [5.74, 6) is -0.182. The number of halogens is 2. The van der Waals surface area contributed by atoms with Crippen LogP contribution >= 0.6 is 15.9 Å². The van der Waals surface area contributed by atoms with Crippen LogP contribution < -0.4 is 10.1 Å². The molecule has 3 nitrogen and oxygen atoms in total. The smallest absolute Gasteiger partial charge is 0.258 e. The zero-order valence-corrected chi connectivity index (χ0v) is 14.1. The van der Waals surface area contributed by atoms with E-state index < -0.39 is 5.82 Å². The molecule has 0 saturated heterocycles. The SMILES string of the molecule is O=C(COc1ccc(Br)cc1F)NC(c1ccccc1)C1CC1. The van der Waals surface area contributed by atoms with Gasteiger partial charge in [0.05, 0.1) is 6.04 Å². The van der Waals surface area contributed by atoms with Crippen molar-refractivity contribution in [3.05, 3.63) is 64.4 Å². The van der Waals surface area contributed by atoms with Crippen LogP contribution in [0.4, 0.5) is 4.39 Å². The van der Waals surface area contributed by atoms with Crippen LogP contribution in [0.5, 0.6) is 5.75 Å². The molecule has 0 bridgehead atoms. The molecule has 1 aliphatic carbocycles. The fraction of sp³-hybridized carbons (Fsp3) is 0.278. The molecule has 1 amide bonds. The van der Waals surface area contributed by atoms with Gasteiger partial charge in [-0.3, -0.25) is 4.79 Å². The molecule has 120 valence electrons. The lowest BCUT2D eigenvalue weighted by Crippen LogP contribution is -2.33. The Balaban J connectivity index is 1.59. The molecule has 0 spiro atoms. The molecule has 0 aromatic heterocycles. The third kappa shape index (κ3) is 4.32. The minimum atomic E-state index is -0.492. The lowest BCUT2D eigenvalue weighted by molar-refractivity contribution is -0.124.